The zero-order chi connectivity index (χ0) is 49.4. The molecule has 2 aliphatic heterocycles. The van der Waals surface area contributed by atoms with Gasteiger partial charge in [-0.1, -0.05) is 236 Å². The van der Waals surface area contributed by atoms with Gasteiger partial charge in [-0.05, 0) is 149 Å². The molecule has 0 spiro atoms. The minimum Gasteiger partial charge on any atom is -0.309 e. The summed E-state index contributed by atoms with van der Waals surface area (Å²) in [6.45, 7) is 0. The maximum Gasteiger partial charge on any atom is 0.0541 e. The van der Waals surface area contributed by atoms with E-state index >= 15 is 0 Å². The molecule has 2 aliphatic rings. The van der Waals surface area contributed by atoms with Crippen LogP contribution in [0.5, 0.6) is 0 Å². The topological polar surface area (TPSA) is 4.93 Å². The van der Waals surface area contributed by atoms with Gasteiger partial charge in [-0.2, -0.15) is 0 Å². The molecule has 0 bridgehead atoms. The number of rotatable bonds is 7. The summed E-state index contributed by atoms with van der Waals surface area (Å²) in [5.41, 5.74) is 21.4. The number of hydrogen-bond donors (Lipinski definition) is 0. The van der Waals surface area contributed by atoms with Crippen LogP contribution in [-0.2, 0) is 0 Å². The van der Waals surface area contributed by atoms with E-state index in [9.17, 15) is 0 Å². The smallest absolute Gasteiger partial charge is 0.0541 e. The monoisotopic (exact) mass is 989 g/mol. The number of fused-ring (bicyclic) bond motifs is 8. The van der Waals surface area contributed by atoms with Crippen LogP contribution in [0.25, 0.3) is 82.8 Å². The molecule has 12 aromatic carbocycles. The third kappa shape index (κ3) is 7.65. The van der Waals surface area contributed by atoms with E-state index in [4.69, 9.17) is 0 Å². The maximum absolute atomic E-state index is 2.44. The zero-order valence-electron chi connectivity index (χ0n) is 40.9. The van der Waals surface area contributed by atoms with E-state index in [1.54, 1.807) is 0 Å². The number of nitrogens with zero attached hydrogens (tertiary/aromatic N) is 1. The Labute approximate surface area is 445 Å². The SMILES string of the molecule is c1ccc2c(c1)Sc1ccccc1C2c1ccc(-c2ccc(-c3ccc4c(c3)c3cc(-c5ccc(-c6ccc(C7c8ccccc8Sc8ccccc87)cc6)cc5)ccc3n4-c3ccc4ccccc4c3)cc2)cc1. The first-order valence-electron chi connectivity index (χ1n) is 25.9. The minimum absolute atomic E-state index is 0.216. The van der Waals surface area contributed by atoms with Gasteiger partial charge < -0.3 is 4.57 Å². The molecule has 0 fully saturated rings. The molecular weight excluding hydrogens is 943 g/mol. The molecule has 0 atom stereocenters. The second-order valence-corrected chi connectivity index (χ2v) is 22.1. The molecule has 0 saturated heterocycles. The third-order valence-corrected chi connectivity index (χ3v) is 18.1. The van der Waals surface area contributed by atoms with E-state index in [0.717, 1.165) is 5.69 Å². The second kappa shape index (κ2) is 18.1. The van der Waals surface area contributed by atoms with Crippen molar-refractivity contribution >= 4 is 56.1 Å². The summed E-state index contributed by atoms with van der Waals surface area (Å²) >= 11 is 3.76. The Bertz CT molecular complexity index is 4010. The van der Waals surface area contributed by atoms with Crippen LogP contribution in [0.3, 0.4) is 0 Å². The zero-order valence-corrected chi connectivity index (χ0v) is 42.5. The first kappa shape index (κ1) is 43.9. The van der Waals surface area contributed by atoms with E-state index in [1.807, 2.05) is 23.5 Å². The molecule has 3 heterocycles. The van der Waals surface area contributed by atoms with E-state index in [-0.39, 0.29) is 11.8 Å². The molecule has 0 unspecified atom stereocenters. The maximum atomic E-state index is 2.44. The molecule has 15 rings (SSSR count). The second-order valence-electron chi connectivity index (χ2n) is 20.0. The van der Waals surface area contributed by atoms with Gasteiger partial charge in [-0.3, -0.25) is 0 Å². The van der Waals surface area contributed by atoms with Gasteiger partial charge in [-0.15, -0.1) is 0 Å². The Morgan fingerprint density at radius 3 is 0.973 bits per heavy atom. The Morgan fingerprint density at radius 1 is 0.253 bits per heavy atom. The highest BCUT2D eigenvalue weighted by atomic mass is 32.2. The lowest BCUT2D eigenvalue weighted by molar-refractivity contribution is 0.902. The van der Waals surface area contributed by atoms with Crippen LogP contribution in [0.15, 0.2) is 293 Å². The van der Waals surface area contributed by atoms with Gasteiger partial charge in [-0.25, -0.2) is 0 Å². The standard InChI is InChI=1S/C72H47NS2/c1-2-12-55-43-58(40-37-46(55)11-1)73-65-41-38-56(51-25-21-47(22-26-51)49-29-33-53(34-30-49)71-59-13-3-7-17-67(59)74-68-18-8-4-14-60(68)71)44-63(65)64-45-57(39-42-66(64)73)52-27-23-48(24-28-52)50-31-35-54(36-32-50)72-61-15-5-9-19-69(61)75-70-20-10-6-16-62(70)72/h1-45,71-72H. The Hall–Kier alpha value is -8.60. The Morgan fingerprint density at radius 2 is 0.573 bits per heavy atom. The molecule has 0 radical (unpaired) electrons. The third-order valence-electron chi connectivity index (χ3n) is 15.7. The molecular formula is C72H47NS2. The van der Waals surface area contributed by atoms with Gasteiger partial charge in [0.1, 0.15) is 0 Å². The normalized spacial score (nSPS) is 13.1. The van der Waals surface area contributed by atoms with Crippen molar-refractivity contribution in [3.05, 3.63) is 306 Å². The van der Waals surface area contributed by atoms with Gasteiger partial charge >= 0.3 is 0 Å². The quantitative estimate of drug-likeness (QED) is 0.157. The van der Waals surface area contributed by atoms with E-state index < -0.39 is 0 Å². The van der Waals surface area contributed by atoms with Gasteiger partial charge in [0, 0.05) is 47.9 Å². The fourth-order valence-electron chi connectivity index (χ4n) is 12.0. The molecule has 13 aromatic rings. The van der Waals surface area contributed by atoms with E-state index in [0.29, 0.717) is 0 Å². The molecule has 1 aromatic heterocycles. The lowest BCUT2D eigenvalue weighted by atomic mass is 9.84. The van der Waals surface area contributed by atoms with Crippen molar-refractivity contribution in [3.63, 3.8) is 0 Å². The van der Waals surface area contributed by atoms with Crippen LogP contribution in [0.2, 0.25) is 0 Å². The summed E-state index contributed by atoms with van der Waals surface area (Å²) in [6.07, 6.45) is 0. The lowest BCUT2D eigenvalue weighted by Crippen LogP contribution is -2.09. The van der Waals surface area contributed by atoms with Crippen LogP contribution in [0, 0.1) is 0 Å². The highest BCUT2D eigenvalue weighted by molar-refractivity contribution is 7.99. The van der Waals surface area contributed by atoms with Crippen molar-refractivity contribution in [1.82, 2.24) is 4.57 Å². The van der Waals surface area contributed by atoms with Crippen molar-refractivity contribution in [3.8, 4) is 50.2 Å². The predicted molar refractivity (Wildman–Crippen MR) is 316 cm³/mol. The summed E-state index contributed by atoms with van der Waals surface area (Å²) in [4.78, 5) is 5.37. The van der Waals surface area contributed by atoms with Crippen LogP contribution >= 0.6 is 23.5 Å². The van der Waals surface area contributed by atoms with E-state index in [2.05, 4.69) is 278 Å². The summed E-state index contributed by atoms with van der Waals surface area (Å²) in [5, 5.41) is 4.94. The largest absolute Gasteiger partial charge is 0.309 e. The molecule has 1 nitrogen and oxygen atoms in total. The minimum atomic E-state index is 0.216. The summed E-state index contributed by atoms with van der Waals surface area (Å²) in [6, 6.07) is 102. The first-order valence-corrected chi connectivity index (χ1v) is 27.5. The van der Waals surface area contributed by atoms with Gasteiger partial charge in [0.2, 0.25) is 0 Å². The predicted octanol–water partition coefficient (Wildman–Crippen LogP) is 19.9. The molecule has 0 aliphatic carbocycles. The van der Waals surface area contributed by atoms with Crippen LogP contribution in [0.4, 0.5) is 0 Å². The summed E-state index contributed by atoms with van der Waals surface area (Å²) in [5.74, 6) is 0.432. The van der Waals surface area contributed by atoms with Crippen molar-refractivity contribution in [2.75, 3.05) is 0 Å². The molecule has 0 saturated carbocycles. The average Bonchev–Trinajstić information content (AvgIpc) is 3.81. The highest BCUT2D eigenvalue weighted by Gasteiger charge is 2.29. The summed E-state index contributed by atoms with van der Waals surface area (Å²) in [7, 11) is 0. The van der Waals surface area contributed by atoms with Crippen LogP contribution in [-0.4, -0.2) is 4.57 Å². The van der Waals surface area contributed by atoms with Crippen molar-refractivity contribution in [2.24, 2.45) is 0 Å². The van der Waals surface area contributed by atoms with E-state index in [1.165, 1.54) is 130 Å². The number of hydrogen-bond acceptors (Lipinski definition) is 2. The van der Waals surface area contributed by atoms with Gasteiger partial charge in [0.15, 0.2) is 0 Å². The number of aromatic nitrogens is 1. The van der Waals surface area contributed by atoms with Crippen LogP contribution in [0.1, 0.15) is 45.2 Å². The molecule has 3 heteroatoms. The lowest BCUT2D eigenvalue weighted by Gasteiger charge is -2.28. The highest BCUT2D eigenvalue weighted by Crippen LogP contribution is 2.50. The molecule has 0 amide bonds. The molecule has 75 heavy (non-hydrogen) atoms. The number of benzene rings is 12. The molecule has 0 N–H and O–H groups in total. The first-order chi connectivity index (χ1) is 37.1. The fraction of sp³-hybridized carbons (Fsp3) is 0.0278. The van der Waals surface area contributed by atoms with Crippen molar-refractivity contribution < 1.29 is 0 Å². The average molecular weight is 990 g/mol. The van der Waals surface area contributed by atoms with Gasteiger partial charge in [0.25, 0.3) is 0 Å². The Kier molecular flexibility index (Phi) is 10.6. The summed E-state index contributed by atoms with van der Waals surface area (Å²) < 4.78 is 2.44. The molecule has 352 valence electrons. The van der Waals surface area contributed by atoms with Gasteiger partial charge in [0.05, 0.1) is 11.0 Å². The van der Waals surface area contributed by atoms with Crippen molar-refractivity contribution in [1.29, 1.82) is 0 Å². The fourth-order valence-corrected chi connectivity index (χ4v) is 14.2. The van der Waals surface area contributed by atoms with Crippen molar-refractivity contribution in [2.45, 2.75) is 31.4 Å². The Balaban J connectivity index is 0.753. The van der Waals surface area contributed by atoms with Crippen LogP contribution < -0.4 is 0 Å².